The van der Waals surface area contributed by atoms with E-state index in [0.717, 1.165) is 5.56 Å². The first-order valence-electron chi connectivity index (χ1n) is 11.7. The number of nitrogens with one attached hydrogen (secondary N) is 2. The van der Waals surface area contributed by atoms with Gasteiger partial charge in [0.2, 0.25) is 5.95 Å². The van der Waals surface area contributed by atoms with Crippen LogP contribution in [0.5, 0.6) is 0 Å². The molecule has 0 spiro atoms. The maximum Gasteiger partial charge on any atom is 0.335 e. The number of benzene rings is 3. The molecular weight excluding hydrogens is 468 g/mol. The average molecular weight is 497 g/mol. The Morgan fingerprint density at radius 3 is 2.22 bits per heavy atom. The van der Waals surface area contributed by atoms with Crippen molar-refractivity contribution in [3.05, 3.63) is 95.3 Å². The van der Waals surface area contributed by atoms with E-state index < -0.39 is 5.97 Å². The van der Waals surface area contributed by atoms with Gasteiger partial charge in [-0.2, -0.15) is 4.98 Å². The number of anilines is 3. The van der Waals surface area contributed by atoms with Gasteiger partial charge in [-0.25, -0.2) is 14.8 Å². The predicted molar refractivity (Wildman–Crippen MR) is 143 cm³/mol. The third-order valence-electron chi connectivity index (χ3n) is 5.84. The van der Waals surface area contributed by atoms with Crippen molar-refractivity contribution in [2.75, 3.05) is 10.6 Å². The lowest BCUT2D eigenvalue weighted by Gasteiger charge is -2.19. The molecule has 37 heavy (non-hydrogen) atoms. The molecule has 4 rings (SSSR count). The highest BCUT2D eigenvalue weighted by Gasteiger charge is 2.17. The molecule has 0 aliphatic rings. The van der Waals surface area contributed by atoms with Crippen LogP contribution in [-0.2, 0) is 12.0 Å². The Hall–Kier alpha value is -4.63. The highest BCUT2D eigenvalue weighted by molar-refractivity contribution is 6.05. The molecule has 1 aromatic heterocycles. The van der Waals surface area contributed by atoms with E-state index in [2.05, 4.69) is 46.4 Å². The molecule has 3 aromatic carbocycles. The van der Waals surface area contributed by atoms with Crippen molar-refractivity contribution in [1.82, 2.24) is 15.0 Å². The SMILES string of the molecule is CC(C)(C)c1ccc(C(=O)Nc2cccc(-c3ncnc(Nc4ccc(C(=O)O)cc4)n3)c2CN)cc1. The maximum absolute atomic E-state index is 13.0. The van der Waals surface area contributed by atoms with E-state index in [0.29, 0.717) is 33.9 Å². The van der Waals surface area contributed by atoms with Crippen molar-refractivity contribution in [3.63, 3.8) is 0 Å². The van der Waals surface area contributed by atoms with Crippen LogP contribution in [0.2, 0.25) is 0 Å². The lowest BCUT2D eigenvalue weighted by atomic mass is 9.86. The molecule has 0 aliphatic carbocycles. The number of carboxylic acid groups (broad SMARTS) is 1. The molecule has 1 amide bonds. The topological polar surface area (TPSA) is 143 Å². The van der Waals surface area contributed by atoms with Crippen molar-refractivity contribution in [3.8, 4) is 11.4 Å². The van der Waals surface area contributed by atoms with E-state index in [-0.39, 0.29) is 29.4 Å². The Morgan fingerprint density at radius 1 is 0.919 bits per heavy atom. The number of aromatic nitrogens is 3. The molecule has 188 valence electrons. The highest BCUT2D eigenvalue weighted by Crippen LogP contribution is 2.28. The van der Waals surface area contributed by atoms with Crippen molar-refractivity contribution in [1.29, 1.82) is 0 Å². The minimum absolute atomic E-state index is 0.00374. The molecule has 0 radical (unpaired) electrons. The van der Waals surface area contributed by atoms with Gasteiger partial charge in [0.15, 0.2) is 5.82 Å². The number of aromatic carboxylic acids is 1. The largest absolute Gasteiger partial charge is 0.478 e. The predicted octanol–water partition coefficient (Wildman–Crippen LogP) is 4.99. The van der Waals surface area contributed by atoms with Crippen LogP contribution < -0.4 is 16.4 Å². The number of rotatable bonds is 7. The van der Waals surface area contributed by atoms with Gasteiger partial charge in [0, 0.05) is 34.6 Å². The van der Waals surface area contributed by atoms with E-state index in [9.17, 15) is 9.59 Å². The maximum atomic E-state index is 13.0. The molecule has 1 heterocycles. The number of amides is 1. The van der Waals surface area contributed by atoms with Crippen molar-refractivity contribution in [2.24, 2.45) is 5.73 Å². The number of hydrogen-bond acceptors (Lipinski definition) is 7. The standard InChI is InChI=1S/C28H28N6O3/c1-28(2,3)19-11-7-17(8-12-19)25(35)33-23-6-4-5-21(22(23)15-29)24-30-16-31-27(34-24)32-20-13-9-18(10-14-20)26(36)37/h4-14,16H,15,29H2,1-3H3,(H,33,35)(H,36,37)(H,30,31,32,34). The quantitative estimate of drug-likeness (QED) is 0.280. The van der Waals surface area contributed by atoms with Gasteiger partial charge in [-0.05, 0) is 53.4 Å². The Bertz CT molecular complexity index is 1430. The van der Waals surface area contributed by atoms with Crippen LogP contribution in [-0.4, -0.2) is 31.9 Å². The van der Waals surface area contributed by atoms with Gasteiger partial charge in [0.25, 0.3) is 5.91 Å². The van der Waals surface area contributed by atoms with Crippen LogP contribution >= 0.6 is 0 Å². The molecule has 9 heteroatoms. The Kier molecular flexibility index (Phi) is 7.26. The molecule has 0 saturated carbocycles. The van der Waals surface area contributed by atoms with Crippen molar-refractivity contribution in [2.45, 2.75) is 32.7 Å². The van der Waals surface area contributed by atoms with E-state index in [1.165, 1.54) is 18.5 Å². The second kappa shape index (κ2) is 10.5. The van der Waals surface area contributed by atoms with Crippen LogP contribution in [0.25, 0.3) is 11.4 Å². The number of carboxylic acids is 1. The number of carbonyl (C=O) groups excluding carboxylic acids is 1. The van der Waals surface area contributed by atoms with Crippen LogP contribution in [0.1, 0.15) is 52.6 Å². The van der Waals surface area contributed by atoms with Crippen molar-refractivity contribution < 1.29 is 14.7 Å². The van der Waals surface area contributed by atoms with Crippen LogP contribution in [0.3, 0.4) is 0 Å². The molecule has 4 aromatic rings. The minimum Gasteiger partial charge on any atom is -0.478 e. The molecule has 0 unspecified atom stereocenters. The Labute approximate surface area is 214 Å². The summed E-state index contributed by atoms with van der Waals surface area (Å²) in [6.07, 6.45) is 1.37. The van der Waals surface area contributed by atoms with Gasteiger partial charge in [-0.3, -0.25) is 4.79 Å². The van der Waals surface area contributed by atoms with Gasteiger partial charge in [-0.1, -0.05) is 45.0 Å². The normalized spacial score (nSPS) is 11.1. The molecule has 0 fully saturated rings. The zero-order valence-corrected chi connectivity index (χ0v) is 20.8. The second-order valence-corrected chi connectivity index (χ2v) is 9.46. The lowest BCUT2D eigenvalue weighted by molar-refractivity contribution is 0.0696. The lowest BCUT2D eigenvalue weighted by Crippen LogP contribution is -2.16. The highest BCUT2D eigenvalue weighted by atomic mass is 16.4. The summed E-state index contributed by atoms with van der Waals surface area (Å²) < 4.78 is 0. The van der Waals surface area contributed by atoms with E-state index in [1.54, 1.807) is 24.3 Å². The third kappa shape index (κ3) is 5.96. The first-order chi connectivity index (χ1) is 17.7. The van der Waals surface area contributed by atoms with Gasteiger partial charge < -0.3 is 21.5 Å². The second-order valence-electron chi connectivity index (χ2n) is 9.46. The Morgan fingerprint density at radius 2 is 1.59 bits per heavy atom. The summed E-state index contributed by atoms with van der Waals surface area (Å²) in [5.41, 5.74) is 10.5. The molecule has 0 saturated heterocycles. The minimum atomic E-state index is -1.00. The summed E-state index contributed by atoms with van der Waals surface area (Å²) in [6, 6.07) is 19.2. The van der Waals surface area contributed by atoms with Crippen molar-refractivity contribution >= 4 is 29.2 Å². The number of hydrogen-bond donors (Lipinski definition) is 4. The van der Waals surface area contributed by atoms with Gasteiger partial charge >= 0.3 is 5.97 Å². The molecule has 0 atom stereocenters. The summed E-state index contributed by atoms with van der Waals surface area (Å²) in [6.45, 7) is 6.52. The fraction of sp³-hybridized carbons (Fsp3) is 0.179. The fourth-order valence-corrected chi connectivity index (χ4v) is 3.76. The smallest absolute Gasteiger partial charge is 0.335 e. The van der Waals surface area contributed by atoms with Gasteiger partial charge in [-0.15, -0.1) is 0 Å². The van der Waals surface area contributed by atoms with E-state index >= 15 is 0 Å². The summed E-state index contributed by atoms with van der Waals surface area (Å²) >= 11 is 0. The summed E-state index contributed by atoms with van der Waals surface area (Å²) in [5.74, 6) is -0.581. The molecule has 0 aliphatic heterocycles. The molecular formula is C28H28N6O3. The van der Waals surface area contributed by atoms with Gasteiger partial charge in [0.05, 0.1) is 5.56 Å². The zero-order valence-electron chi connectivity index (χ0n) is 20.8. The van der Waals surface area contributed by atoms with E-state index in [1.807, 2.05) is 30.3 Å². The monoisotopic (exact) mass is 496 g/mol. The third-order valence-corrected chi connectivity index (χ3v) is 5.84. The summed E-state index contributed by atoms with van der Waals surface area (Å²) in [4.78, 5) is 37.0. The number of nitrogens with zero attached hydrogens (tertiary/aromatic N) is 3. The molecule has 9 nitrogen and oxygen atoms in total. The molecule has 0 bridgehead atoms. The van der Waals surface area contributed by atoms with Crippen LogP contribution in [0.4, 0.5) is 17.3 Å². The number of nitrogens with two attached hydrogens (primary N) is 1. The first-order valence-corrected chi connectivity index (χ1v) is 11.7. The zero-order chi connectivity index (χ0) is 26.6. The van der Waals surface area contributed by atoms with E-state index in [4.69, 9.17) is 10.8 Å². The Balaban J connectivity index is 1.57. The van der Waals surface area contributed by atoms with Crippen LogP contribution in [0, 0.1) is 0 Å². The summed E-state index contributed by atoms with van der Waals surface area (Å²) in [7, 11) is 0. The van der Waals surface area contributed by atoms with Crippen LogP contribution in [0.15, 0.2) is 73.1 Å². The van der Waals surface area contributed by atoms with Gasteiger partial charge in [0.1, 0.15) is 6.33 Å². The first kappa shape index (κ1) is 25.5. The number of carbonyl (C=O) groups is 2. The molecule has 5 N–H and O–H groups in total. The fourth-order valence-electron chi connectivity index (χ4n) is 3.76. The average Bonchev–Trinajstić information content (AvgIpc) is 2.88. The summed E-state index contributed by atoms with van der Waals surface area (Å²) in [5, 5.41) is 15.1.